The van der Waals surface area contributed by atoms with Gasteiger partial charge in [-0.25, -0.2) is 0 Å². The molecule has 62 heavy (non-hydrogen) atoms. The van der Waals surface area contributed by atoms with Gasteiger partial charge in [-0.3, -0.25) is 14.4 Å². The molecule has 3 rings (SSSR count). The first-order valence-electron chi connectivity index (χ1n) is 21.0. The van der Waals surface area contributed by atoms with Crippen molar-refractivity contribution in [2.75, 3.05) is 26.4 Å². The van der Waals surface area contributed by atoms with Crippen LogP contribution in [0.3, 0.4) is 0 Å². The van der Waals surface area contributed by atoms with Crippen LogP contribution in [0.15, 0.2) is 12.2 Å². The first-order valence-corrected chi connectivity index (χ1v) is 21.0. The molecular formula is C43H77N3O16. The summed E-state index contributed by atoms with van der Waals surface area (Å²) in [7, 11) is 0. The highest BCUT2D eigenvalue weighted by Gasteiger charge is 2.84. The van der Waals surface area contributed by atoms with E-state index in [-0.39, 0.29) is 6.61 Å². The molecule has 3 heterocycles. The van der Waals surface area contributed by atoms with Crippen molar-refractivity contribution in [3.8, 4) is 0 Å². The molecule has 0 bridgehead atoms. The number of hydrogen-bond donors (Lipinski definition) is 10. The molecular weight excluding hydrogens is 814 g/mol. The molecule has 3 aliphatic rings. The van der Waals surface area contributed by atoms with E-state index < -0.39 is 122 Å². The first-order chi connectivity index (χ1) is 27.6. The highest BCUT2D eigenvalue weighted by Crippen LogP contribution is 2.64. The van der Waals surface area contributed by atoms with Crippen LogP contribution in [0, 0.1) is 0 Å². The van der Waals surface area contributed by atoms with Crippen molar-refractivity contribution < 1.29 is 78.6 Å². The van der Waals surface area contributed by atoms with Crippen molar-refractivity contribution in [1.29, 1.82) is 0 Å². The van der Waals surface area contributed by atoms with Gasteiger partial charge in [-0.2, -0.15) is 0 Å². The monoisotopic (exact) mass is 892 g/mol. The molecule has 0 spiro atoms. The van der Waals surface area contributed by atoms with Crippen LogP contribution < -0.4 is 16.0 Å². The summed E-state index contributed by atoms with van der Waals surface area (Å²) in [5.74, 6) is -8.71. The molecule has 19 heteroatoms. The molecule has 360 valence electrons. The SMILES string of the molecule is C/C=C/C(=O)NC1(C)C(C)(O)[C@](C)(O)C(C)(CO)O[C@@]1(C)O[C@]1(C)C(C)(CO)O[C@@](C)(O[C@]2(C)C(C)(CO)O[C@@](C)(OCC)C(C)(NC(C)=O)C2(C)O)C(C)(NC(C)=O)C1(C)O. The Morgan fingerprint density at radius 3 is 1.16 bits per heavy atom. The number of ether oxygens (including phenoxy) is 6. The van der Waals surface area contributed by atoms with Gasteiger partial charge < -0.3 is 80.1 Å². The minimum Gasteiger partial charge on any atom is -0.393 e. The third-order valence-corrected chi connectivity index (χ3v) is 16.4. The Morgan fingerprint density at radius 2 is 0.839 bits per heavy atom. The smallest absolute Gasteiger partial charge is 0.244 e. The van der Waals surface area contributed by atoms with Crippen molar-refractivity contribution in [3.05, 3.63) is 12.2 Å². The molecule has 0 aliphatic carbocycles. The maximum atomic E-state index is 13.5. The lowest BCUT2D eigenvalue weighted by Crippen LogP contribution is -2.94. The van der Waals surface area contributed by atoms with E-state index in [0.29, 0.717) is 0 Å². The Morgan fingerprint density at radius 1 is 0.516 bits per heavy atom. The van der Waals surface area contributed by atoms with Crippen molar-refractivity contribution in [1.82, 2.24) is 16.0 Å². The van der Waals surface area contributed by atoms with Crippen LogP contribution in [0.2, 0.25) is 0 Å². The van der Waals surface area contributed by atoms with Crippen molar-refractivity contribution in [2.45, 2.75) is 216 Å². The normalized spacial score (nSPS) is 52.1. The van der Waals surface area contributed by atoms with E-state index in [0.717, 1.165) is 13.0 Å². The van der Waals surface area contributed by atoms with Crippen LogP contribution in [0.25, 0.3) is 0 Å². The van der Waals surface area contributed by atoms with Gasteiger partial charge in [0.25, 0.3) is 0 Å². The fourth-order valence-corrected chi connectivity index (χ4v) is 10.5. The summed E-state index contributed by atoms with van der Waals surface area (Å²) in [6.45, 7) is 23.2. The maximum absolute atomic E-state index is 13.5. The van der Waals surface area contributed by atoms with E-state index in [1.165, 1.54) is 117 Å². The molecule has 0 aromatic carbocycles. The predicted molar refractivity (Wildman–Crippen MR) is 224 cm³/mol. The largest absolute Gasteiger partial charge is 0.393 e. The minimum absolute atomic E-state index is 0.0453. The Hall–Kier alpha value is -2.37. The summed E-state index contributed by atoms with van der Waals surface area (Å²) in [5.41, 5.74) is -26.8. The standard InChI is InChI=1S/C43H77N3O16/c1-20-22-28(52)46-32(8)36(12,54)35(11,53)29(5,23-47)58-42(32,18)61-40(16)31(7,25-49)60-43(19,34(10,38(40,14)56)45-27(4)51)62-39(15)30(6,24-48)59-41(17,57-21-2)33(9,37(39,13)55)44-26(3)50/h20,22,47-49,53-56H,21,23-25H2,1-19H3,(H,44,50)(H,45,51)(H,46,52)/b22-20+/t29?,30?,31?,32?,33?,34?,35-,36?,37?,38?,39-,40-,41-,42+,43+/m1/s1. The molecule has 9 unspecified atom stereocenters. The minimum atomic E-state index is -2.56. The van der Waals surface area contributed by atoms with Crippen LogP contribution in [0.1, 0.15) is 132 Å². The summed E-state index contributed by atoms with van der Waals surface area (Å²) in [6.07, 6.45) is 2.59. The van der Waals surface area contributed by atoms with E-state index in [2.05, 4.69) is 16.0 Å². The van der Waals surface area contributed by atoms with E-state index in [1.807, 2.05) is 0 Å². The molecule has 3 saturated heterocycles. The van der Waals surface area contributed by atoms with Gasteiger partial charge in [0.05, 0.1) is 19.8 Å². The van der Waals surface area contributed by atoms with Crippen LogP contribution in [0.5, 0.6) is 0 Å². The fraction of sp³-hybridized carbons (Fsp3) is 0.884. The number of aliphatic hydroxyl groups excluding tert-OH is 3. The molecule has 0 aromatic rings. The van der Waals surface area contributed by atoms with E-state index in [9.17, 15) is 50.1 Å². The molecule has 15 atom stereocenters. The van der Waals surface area contributed by atoms with Gasteiger partial charge in [0, 0.05) is 20.5 Å². The Balaban J connectivity index is 2.51. The number of aliphatic hydroxyl groups is 7. The average molecular weight is 892 g/mol. The third kappa shape index (κ3) is 6.66. The van der Waals surface area contributed by atoms with Gasteiger partial charge in [0.15, 0.2) is 17.4 Å². The Kier molecular flexibility index (Phi) is 13.6. The summed E-state index contributed by atoms with van der Waals surface area (Å²) in [5, 5.41) is 92.9. The number of carbonyl (C=O) groups excluding carboxylic acids is 3. The van der Waals surface area contributed by atoms with Crippen LogP contribution in [0.4, 0.5) is 0 Å². The van der Waals surface area contributed by atoms with Gasteiger partial charge in [0.1, 0.15) is 67.0 Å². The second kappa shape index (κ2) is 15.6. The van der Waals surface area contributed by atoms with Crippen LogP contribution in [-0.2, 0) is 42.8 Å². The third-order valence-electron chi connectivity index (χ3n) is 16.4. The molecule has 3 aliphatic heterocycles. The van der Waals surface area contributed by atoms with E-state index >= 15 is 0 Å². The lowest BCUT2D eigenvalue weighted by atomic mass is 9.56. The quantitative estimate of drug-likeness (QED) is 0.111. The molecule has 19 nitrogen and oxygen atoms in total. The topological polar surface area (TPSA) is 284 Å². The summed E-state index contributed by atoms with van der Waals surface area (Å²) < 4.78 is 40.2. The molecule has 3 amide bonds. The predicted octanol–water partition coefficient (Wildman–Crippen LogP) is 0.310. The van der Waals surface area contributed by atoms with Gasteiger partial charge in [-0.1, -0.05) is 6.08 Å². The zero-order valence-electron chi connectivity index (χ0n) is 40.3. The lowest BCUT2D eigenvalue weighted by Gasteiger charge is -2.74. The molecule has 0 aromatic heterocycles. The van der Waals surface area contributed by atoms with Crippen molar-refractivity contribution in [2.24, 2.45) is 0 Å². The average Bonchev–Trinajstić information content (AvgIpc) is 3.11. The van der Waals surface area contributed by atoms with Crippen molar-refractivity contribution >= 4 is 17.7 Å². The van der Waals surface area contributed by atoms with Gasteiger partial charge in [-0.15, -0.1) is 0 Å². The second-order valence-electron chi connectivity index (χ2n) is 20.0. The number of nitrogens with one attached hydrogen (secondary N) is 3. The van der Waals surface area contributed by atoms with Crippen molar-refractivity contribution in [3.63, 3.8) is 0 Å². The maximum Gasteiger partial charge on any atom is 0.244 e. The van der Waals surface area contributed by atoms with Crippen LogP contribution >= 0.6 is 0 Å². The zero-order chi connectivity index (χ0) is 48.8. The fourth-order valence-electron chi connectivity index (χ4n) is 10.5. The Bertz CT molecular complexity index is 1790. The highest BCUT2D eigenvalue weighted by atomic mass is 16.8. The van der Waals surface area contributed by atoms with E-state index in [1.54, 1.807) is 13.8 Å². The van der Waals surface area contributed by atoms with Gasteiger partial charge in [0.2, 0.25) is 17.7 Å². The van der Waals surface area contributed by atoms with Crippen LogP contribution in [-0.4, -0.2) is 164 Å². The number of hydrogen-bond acceptors (Lipinski definition) is 16. The van der Waals surface area contributed by atoms with Gasteiger partial charge >= 0.3 is 0 Å². The zero-order valence-corrected chi connectivity index (χ0v) is 40.3. The summed E-state index contributed by atoms with van der Waals surface area (Å²) in [4.78, 5) is 39.8. The molecule has 0 radical (unpaired) electrons. The first kappa shape index (κ1) is 54.0. The lowest BCUT2D eigenvalue weighted by molar-refractivity contribution is -0.514. The number of rotatable bonds is 13. The van der Waals surface area contributed by atoms with E-state index in [4.69, 9.17) is 28.4 Å². The highest BCUT2D eigenvalue weighted by molar-refractivity contribution is 5.88. The number of carbonyl (C=O) groups is 3. The second-order valence-corrected chi connectivity index (χ2v) is 20.0. The molecule has 0 saturated carbocycles. The molecule has 10 N–H and O–H groups in total. The van der Waals surface area contributed by atoms with Gasteiger partial charge in [-0.05, 0) is 124 Å². The Labute approximate surface area is 366 Å². The number of allylic oxidation sites excluding steroid dienone is 1. The summed E-state index contributed by atoms with van der Waals surface area (Å²) >= 11 is 0. The molecule has 3 fully saturated rings. The number of amides is 3. The summed E-state index contributed by atoms with van der Waals surface area (Å²) in [6, 6.07) is 0.